The van der Waals surface area contributed by atoms with Gasteiger partial charge in [0, 0.05) is 44.6 Å². The fraction of sp³-hybridized carbons (Fsp3) is 0.346. The van der Waals surface area contributed by atoms with E-state index in [1.54, 1.807) is 34.1 Å². The fourth-order valence-electron chi connectivity index (χ4n) is 4.33. The van der Waals surface area contributed by atoms with Gasteiger partial charge in [-0.05, 0) is 48.7 Å². The molecule has 0 unspecified atom stereocenters. The zero-order valence-electron chi connectivity index (χ0n) is 20.9. The Kier molecular flexibility index (Phi) is 7.50. The molecule has 38 heavy (non-hydrogen) atoms. The average molecular weight is 537 g/mol. The van der Waals surface area contributed by atoms with Crippen LogP contribution in [0.4, 0.5) is 4.79 Å². The van der Waals surface area contributed by atoms with Crippen LogP contribution in [-0.2, 0) is 21.0 Å². The number of aromatic nitrogens is 5. The minimum atomic E-state index is -3.29. The van der Waals surface area contributed by atoms with Crippen molar-refractivity contribution in [2.45, 2.75) is 36.7 Å². The van der Waals surface area contributed by atoms with Crippen LogP contribution in [0.2, 0.25) is 0 Å². The van der Waals surface area contributed by atoms with E-state index in [-0.39, 0.29) is 17.1 Å². The standard InChI is InChI=1S/C26H28N6O5S/c1-38(34,35)22-8-6-20(7-9-22)32-24-23(17-30-32)25(29-18-28-24)37-21-10-13-31(14-11-21)26(33)36-15-3-5-19-4-2-12-27-16-19/h2,4,6-9,12,16-18,21H,3,5,10-11,13-15H2,1H3. The maximum absolute atomic E-state index is 12.4. The van der Waals surface area contributed by atoms with Crippen molar-refractivity contribution in [1.29, 1.82) is 0 Å². The first-order chi connectivity index (χ1) is 18.4. The topological polar surface area (TPSA) is 129 Å². The number of piperidine rings is 1. The van der Waals surface area contributed by atoms with E-state index >= 15 is 0 Å². The van der Waals surface area contributed by atoms with E-state index in [2.05, 4.69) is 20.1 Å². The number of benzene rings is 1. The third-order valence-electron chi connectivity index (χ3n) is 6.38. The molecule has 0 radical (unpaired) electrons. The molecule has 3 aromatic heterocycles. The Bertz CT molecular complexity index is 1500. The van der Waals surface area contributed by atoms with Gasteiger partial charge in [0.25, 0.3) is 0 Å². The van der Waals surface area contributed by atoms with Crippen LogP contribution in [0, 0.1) is 0 Å². The molecule has 5 rings (SSSR count). The molecule has 0 N–H and O–H groups in total. The van der Waals surface area contributed by atoms with Crippen LogP contribution < -0.4 is 4.74 Å². The van der Waals surface area contributed by atoms with E-state index in [1.165, 1.54) is 24.7 Å². The van der Waals surface area contributed by atoms with Crippen LogP contribution in [0.15, 0.2) is 66.2 Å². The molecule has 4 aromatic rings. The van der Waals surface area contributed by atoms with Gasteiger partial charge in [-0.2, -0.15) is 5.10 Å². The molecule has 0 saturated carbocycles. The Morgan fingerprint density at radius 3 is 2.58 bits per heavy atom. The number of nitrogens with zero attached hydrogens (tertiary/aromatic N) is 6. The summed E-state index contributed by atoms with van der Waals surface area (Å²) in [4.78, 5) is 27.1. The predicted molar refractivity (Wildman–Crippen MR) is 139 cm³/mol. The maximum atomic E-state index is 12.4. The smallest absolute Gasteiger partial charge is 0.409 e. The summed E-state index contributed by atoms with van der Waals surface area (Å²) in [6.45, 7) is 1.43. The van der Waals surface area contributed by atoms with Gasteiger partial charge in [0.2, 0.25) is 5.88 Å². The Labute approximate surface area is 220 Å². The van der Waals surface area contributed by atoms with E-state index < -0.39 is 9.84 Å². The second kappa shape index (κ2) is 11.1. The average Bonchev–Trinajstić information content (AvgIpc) is 3.37. The number of likely N-dealkylation sites (tertiary alicyclic amines) is 1. The molecule has 4 heterocycles. The molecule has 12 heteroatoms. The van der Waals surface area contributed by atoms with Gasteiger partial charge < -0.3 is 14.4 Å². The van der Waals surface area contributed by atoms with E-state index in [1.807, 2.05) is 18.3 Å². The number of pyridine rings is 1. The van der Waals surface area contributed by atoms with Crippen molar-refractivity contribution in [3.05, 3.63) is 66.9 Å². The summed E-state index contributed by atoms with van der Waals surface area (Å²) >= 11 is 0. The first-order valence-corrected chi connectivity index (χ1v) is 14.2. The van der Waals surface area contributed by atoms with Crippen LogP contribution in [0.25, 0.3) is 16.7 Å². The number of fused-ring (bicyclic) bond motifs is 1. The Hall–Kier alpha value is -4.06. The third kappa shape index (κ3) is 5.91. The quantitative estimate of drug-likeness (QED) is 0.312. The van der Waals surface area contributed by atoms with Gasteiger partial charge in [-0.3, -0.25) is 4.98 Å². The van der Waals surface area contributed by atoms with Crippen molar-refractivity contribution in [3.8, 4) is 11.6 Å². The van der Waals surface area contributed by atoms with Crippen molar-refractivity contribution >= 4 is 27.0 Å². The Morgan fingerprint density at radius 1 is 1.08 bits per heavy atom. The number of carbonyl (C=O) groups excluding carboxylic acids is 1. The predicted octanol–water partition coefficient (Wildman–Crippen LogP) is 3.23. The summed E-state index contributed by atoms with van der Waals surface area (Å²) < 4.78 is 36.8. The number of amides is 1. The van der Waals surface area contributed by atoms with E-state index in [0.717, 1.165) is 18.4 Å². The minimum absolute atomic E-state index is 0.111. The lowest BCUT2D eigenvalue weighted by Gasteiger charge is -2.31. The first-order valence-electron chi connectivity index (χ1n) is 12.3. The zero-order valence-corrected chi connectivity index (χ0v) is 21.7. The van der Waals surface area contributed by atoms with Gasteiger partial charge in [0.05, 0.1) is 23.4 Å². The molecule has 1 fully saturated rings. The molecule has 0 atom stereocenters. The van der Waals surface area contributed by atoms with Crippen molar-refractivity contribution < 1.29 is 22.7 Å². The molecule has 1 aliphatic rings. The lowest BCUT2D eigenvalue weighted by atomic mass is 10.1. The van der Waals surface area contributed by atoms with Gasteiger partial charge >= 0.3 is 6.09 Å². The number of carbonyl (C=O) groups is 1. The summed E-state index contributed by atoms with van der Waals surface area (Å²) in [5, 5.41) is 5.06. The molecule has 11 nitrogen and oxygen atoms in total. The minimum Gasteiger partial charge on any atom is -0.474 e. The number of hydrogen-bond acceptors (Lipinski definition) is 9. The van der Waals surface area contributed by atoms with Crippen LogP contribution in [-0.4, -0.2) is 76.2 Å². The largest absolute Gasteiger partial charge is 0.474 e. The van der Waals surface area contributed by atoms with Gasteiger partial charge in [-0.25, -0.2) is 27.9 Å². The highest BCUT2D eigenvalue weighted by Gasteiger charge is 2.26. The summed E-state index contributed by atoms with van der Waals surface area (Å²) in [7, 11) is -3.29. The molecule has 1 aliphatic heterocycles. The molecule has 1 aromatic carbocycles. The second-order valence-electron chi connectivity index (χ2n) is 9.12. The number of ether oxygens (including phenoxy) is 2. The summed E-state index contributed by atoms with van der Waals surface area (Å²) in [6, 6.07) is 10.3. The highest BCUT2D eigenvalue weighted by molar-refractivity contribution is 7.90. The fourth-order valence-corrected chi connectivity index (χ4v) is 4.96. The van der Waals surface area contributed by atoms with Crippen molar-refractivity contribution in [2.24, 2.45) is 0 Å². The lowest BCUT2D eigenvalue weighted by Crippen LogP contribution is -2.42. The highest BCUT2D eigenvalue weighted by Crippen LogP contribution is 2.26. The third-order valence-corrected chi connectivity index (χ3v) is 7.50. The molecule has 1 amide bonds. The molecule has 0 spiro atoms. The van der Waals surface area contributed by atoms with E-state index in [4.69, 9.17) is 9.47 Å². The lowest BCUT2D eigenvalue weighted by molar-refractivity contribution is 0.0662. The van der Waals surface area contributed by atoms with Gasteiger partial charge in [0.15, 0.2) is 15.5 Å². The normalized spacial score (nSPS) is 14.5. The molecule has 198 valence electrons. The van der Waals surface area contributed by atoms with Gasteiger partial charge in [-0.1, -0.05) is 6.07 Å². The first kappa shape index (κ1) is 25.6. The van der Waals surface area contributed by atoms with Crippen LogP contribution >= 0.6 is 0 Å². The Balaban J connectivity index is 1.15. The Morgan fingerprint density at radius 2 is 1.87 bits per heavy atom. The van der Waals surface area contributed by atoms with Crippen LogP contribution in [0.1, 0.15) is 24.8 Å². The number of hydrogen-bond donors (Lipinski definition) is 0. The highest BCUT2D eigenvalue weighted by atomic mass is 32.2. The summed E-state index contributed by atoms with van der Waals surface area (Å²) in [5.41, 5.74) is 2.34. The number of rotatable bonds is 8. The maximum Gasteiger partial charge on any atom is 0.409 e. The molecule has 1 saturated heterocycles. The molecule has 0 aliphatic carbocycles. The van der Waals surface area contributed by atoms with Gasteiger partial charge in [0.1, 0.15) is 17.8 Å². The number of sulfone groups is 1. The van der Waals surface area contributed by atoms with Crippen LogP contribution in [0.5, 0.6) is 5.88 Å². The molecule has 0 bridgehead atoms. The van der Waals surface area contributed by atoms with E-state index in [9.17, 15) is 13.2 Å². The van der Waals surface area contributed by atoms with Gasteiger partial charge in [-0.15, -0.1) is 0 Å². The van der Waals surface area contributed by atoms with Crippen LogP contribution in [0.3, 0.4) is 0 Å². The molecular formula is C26H28N6O5S. The molecular weight excluding hydrogens is 508 g/mol. The summed E-state index contributed by atoms with van der Waals surface area (Å²) in [6.07, 6.45) is 10.2. The second-order valence-corrected chi connectivity index (χ2v) is 11.1. The van der Waals surface area contributed by atoms with Crippen molar-refractivity contribution in [1.82, 2.24) is 29.6 Å². The van der Waals surface area contributed by atoms with E-state index in [0.29, 0.717) is 55.1 Å². The van der Waals surface area contributed by atoms with Crippen molar-refractivity contribution in [3.63, 3.8) is 0 Å². The monoisotopic (exact) mass is 536 g/mol. The SMILES string of the molecule is CS(=O)(=O)c1ccc(-n2ncc3c(OC4CCN(C(=O)OCCCc5cccnc5)CC4)ncnc32)cc1. The summed E-state index contributed by atoms with van der Waals surface area (Å²) in [5.74, 6) is 0.422. The zero-order chi connectivity index (χ0) is 26.5. The van der Waals surface area contributed by atoms with Crippen molar-refractivity contribution in [2.75, 3.05) is 26.0 Å². The number of aryl methyl sites for hydroxylation is 1.